The van der Waals surface area contributed by atoms with Crippen LogP contribution in [0.25, 0.3) is 0 Å². The highest BCUT2D eigenvalue weighted by atomic mass is 32.2. The Labute approximate surface area is 178 Å². The zero-order valence-electron chi connectivity index (χ0n) is 17.1. The monoisotopic (exact) mass is 453 g/mol. The van der Waals surface area contributed by atoms with Crippen LogP contribution in [0, 0.1) is 0 Å². The minimum atomic E-state index is -4.82. The normalized spacial score (nSPS) is 12.6. The van der Waals surface area contributed by atoms with Gasteiger partial charge < -0.3 is 4.74 Å². The molecule has 0 radical (unpaired) electrons. The van der Waals surface area contributed by atoms with Crippen LogP contribution in [-0.2, 0) is 22.0 Å². The number of hydrogen-bond acceptors (Lipinski definition) is 4. The maximum Gasteiger partial charge on any atom is 0.573 e. The van der Waals surface area contributed by atoms with Crippen molar-refractivity contribution in [3.05, 3.63) is 72.1 Å². The molecule has 1 N–H and O–H groups in total. The van der Waals surface area contributed by atoms with Crippen molar-refractivity contribution >= 4 is 15.7 Å². The molecule has 0 saturated heterocycles. The number of aromatic nitrogens is 2. The minimum Gasteiger partial charge on any atom is -0.406 e. The van der Waals surface area contributed by atoms with Crippen LogP contribution in [0.15, 0.2) is 65.7 Å². The molecule has 0 aliphatic heterocycles. The van der Waals surface area contributed by atoms with Crippen molar-refractivity contribution in [3.8, 4) is 5.75 Å². The molecule has 1 heterocycles. The molecule has 1 aromatic heterocycles. The molecular formula is C21H22F3N3O3S. The van der Waals surface area contributed by atoms with Crippen LogP contribution in [-0.4, -0.2) is 24.6 Å². The van der Waals surface area contributed by atoms with Crippen molar-refractivity contribution in [3.63, 3.8) is 0 Å². The van der Waals surface area contributed by atoms with Crippen molar-refractivity contribution in [2.75, 3.05) is 4.72 Å². The number of alkyl halides is 3. The fraction of sp³-hybridized carbons (Fsp3) is 0.286. The third-order valence-electron chi connectivity index (χ3n) is 4.26. The second kappa shape index (κ2) is 8.26. The molecule has 166 valence electrons. The van der Waals surface area contributed by atoms with Gasteiger partial charge in [-0.2, -0.15) is 5.10 Å². The molecule has 0 unspecified atom stereocenters. The summed E-state index contributed by atoms with van der Waals surface area (Å²) in [6.45, 7) is 5.95. The first-order chi connectivity index (χ1) is 14.3. The summed E-state index contributed by atoms with van der Waals surface area (Å²) in [6.07, 6.45) is -3.37. The molecule has 0 spiro atoms. The number of rotatable bonds is 6. The van der Waals surface area contributed by atoms with E-state index in [9.17, 15) is 21.6 Å². The Balaban J connectivity index is 1.89. The minimum absolute atomic E-state index is 0.00606. The van der Waals surface area contributed by atoms with Crippen molar-refractivity contribution in [2.24, 2.45) is 0 Å². The summed E-state index contributed by atoms with van der Waals surface area (Å²) in [5.41, 5.74) is 0.886. The molecular weight excluding hydrogens is 431 g/mol. The first-order valence-corrected chi connectivity index (χ1v) is 10.8. The van der Waals surface area contributed by atoms with Gasteiger partial charge in [0.1, 0.15) is 10.6 Å². The van der Waals surface area contributed by atoms with Gasteiger partial charge in [0.05, 0.1) is 12.2 Å². The largest absolute Gasteiger partial charge is 0.573 e. The first-order valence-electron chi connectivity index (χ1n) is 9.34. The topological polar surface area (TPSA) is 73.2 Å². The van der Waals surface area contributed by atoms with Crippen LogP contribution in [0.1, 0.15) is 32.0 Å². The van der Waals surface area contributed by atoms with E-state index in [0.29, 0.717) is 12.2 Å². The molecule has 0 atom stereocenters. The highest BCUT2D eigenvalue weighted by Gasteiger charge is 2.32. The van der Waals surface area contributed by atoms with Crippen molar-refractivity contribution in [2.45, 2.75) is 44.0 Å². The number of hydrogen-bond donors (Lipinski definition) is 1. The molecule has 0 saturated carbocycles. The van der Waals surface area contributed by atoms with Crippen LogP contribution in [0.4, 0.5) is 18.9 Å². The molecule has 6 nitrogen and oxygen atoms in total. The predicted molar refractivity (Wildman–Crippen MR) is 110 cm³/mol. The summed E-state index contributed by atoms with van der Waals surface area (Å²) < 4.78 is 70.8. The standard InChI is InChI=1S/C21H22F3N3O3S/c1-20(2,3)19-18(14-27(25-19)13-15-7-5-4-6-8-15)31(28,29)26-16-9-11-17(12-10-16)30-21(22,23)24/h4-12,14,26H,13H2,1-3H3. The van der Waals surface area contributed by atoms with Crippen molar-refractivity contribution in [1.82, 2.24) is 9.78 Å². The summed E-state index contributed by atoms with van der Waals surface area (Å²) in [5.74, 6) is -0.443. The third-order valence-corrected chi connectivity index (χ3v) is 5.64. The lowest BCUT2D eigenvalue weighted by Crippen LogP contribution is -2.20. The average Bonchev–Trinajstić information content (AvgIpc) is 3.08. The molecule has 0 fully saturated rings. The van der Waals surface area contributed by atoms with Crippen LogP contribution in [0.2, 0.25) is 0 Å². The highest BCUT2D eigenvalue weighted by molar-refractivity contribution is 7.92. The SMILES string of the molecule is CC(C)(C)c1nn(Cc2ccccc2)cc1S(=O)(=O)Nc1ccc(OC(F)(F)F)cc1. The van der Waals surface area contributed by atoms with Crippen LogP contribution >= 0.6 is 0 Å². The second-order valence-electron chi connectivity index (χ2n) is 7.95. The fourth-order valence-electron chi connectivity index (χ4n) is 2.91. The molecule has 0 aliphatic rings. The number of nitrogens with zero attached hydrogens (tertiary/aromatic N) is 2. The Morgan fingerprint density at radius 3 is 2.16 bits per heavy atom. The Morgan fingerprint density at radius 1 is 1.00 bits per heavy atom. The Bertz CT molecular complexity index is 1130. The van der Waals surface area contributed by atoms with E-state index in [1.165, 1.54) is 18.3 Å². The maximum absolute atomic E-state index is 13.1. The van der Waals surface area contributed by atoms with Gasteiger partial charge in [-0.3, -0.25) is 9.40 Å². The molecule has 10 heteroatoms. The van der Waals surface area contributed by atoms with Crippen molar-refractivity contribution < 1.29 is 26.3 Å². The quantitative estimate of drug-likeness (QED) is 0.575. The number of anilines is 1. The van der Waals surface area contributed by atoms with Gasteiger partial charge in [0.15, 0.2) is 0 Å². The smallest absolute Gasteiger partial charge is 0.406 e. The van der Waals surface area contributed by atoms with E-state index in [2.05, 4.69) is 14.6 Å². The average molecular weight is 453 g/mol. The second-order valence-corrected chi connectivity index (χ2v) is 9.60. The van der Waals surface area contributed by atoms with Crippen LogP contribution in [0.5, 0.6) is 5.75 Å². The van der Waals surface area contributed by atoms with E-state index >= 15 is 0 Å². The van der Waals surface area contributed by atoms with Crippen molar-refractivity contribution in [1.29, 1.82) is 0 Å². The summed E-state index contributed by atoms with van der Waals surface area (Å²) in [6, 6.07) is 13.9. The van der Waals surface area contributed by atoms with Gasteiger partial charge in [-0.1, -0.05) is 51.1 Å². The van der Waals surface area contributed by atoms with Crippen LogP contribution in [0.3, 0.4) is 0 Å². The molecule has 3 aromatic rings. The van der Waals surface area contributed by atoms with E-state index in [-0.39, 0.29) is 10.6 Å². The van der Waals surface area contributed by atoms with Gasteiger partial charge in [0.25, 0.3) is 10.0 Å². The number of sulfonamides is 1. The van der Waals surface area contributed by atoms with Gasteiger partial charge in [0.2, 0.25) is 0 Å². The molecule has 0 aliphatic carbocycles. The van der Waals surface area contributed by atoms with E-state index in [4.69, 9.17) is 0 Å². The molecule has 2 aromatic carbocycles. The predicted octanol–water partition coefficient (Wildman–Crippen LogP) is 4.93. The number of nitrogens with one attached hydrogen (secondary N) is 1. The lowest BCUT2D eigenvalue weighted by molar-refractivity contribution is -0.274. The van der Waals surface area contributed by atoms with E-state index in [1.54, 1.807) is 4.68 Å². The molecule has 0 bridgehead atoms. The number of benzene rings is 2. The lowest BCUT2D eigenvalue weighted by Gasteiger charge is -2.18. The van der Waals surface area contributed by atoms with Gasteiger partial charge in [0, 0.05) is 17.3 Å². The number of ether oxygens (including phenoxy) is 1. The zero-order chi connectivity index (χ0) is 22.9. The maximum atomic E-state index is 13.1. The summed E-state index contributed by atoms with van der Waals surface area (Å²) in [5, 5.41) is 4.49. The Morgan fingerprint density at radius 2 is 1.61 bits per heavy atom. The Kier molecular flexibility index (Phi) is 6.04. The molecule has 31 heavy (non-hydrogen) atoms. The zero-order valence-corrected chi connectivity index (χ0v) is 18.0. The lowest BCUT2D eigenvalue weighted by atomic mass is 9.92. The van der Waals surface area contributed by atoms with Gasteiger partial charge >= 0.3 is 6.36 Å². The fourth-order valence-corrected chi connectivity index (χ4v) is 4.32. The third kappa shape index (κ3) is 6.00. The first kappa shape index (κ1) is 22.7. The van der Waals surface area contributed by atoms with Gasteiger partial charge in [-0.15, -0.1) is 13.2 Å². The summed E-state index contributed by atoms with van der Waals surface area (Å²) >= 11 is 0. The molecule has 0 amide bonds. The summed E-state index contributed by atoms with van der Waals surface area (Å²) in [7, 11) is -4.04. The summed E-state index contributed by atoms with van der Waals surface area (Å²) in [4.78, 5) is 0.00606. The van der Waals surface area contributed by atoms with Gasteiger partial charge in [-0.25, -0.2) is 8.42 Å². The van der Waals surface area contributed by atoms with E-state index in [0.717, 1.165) is 17.7 Å². The van der Waals surface area contributed by atoms with E-state index in [1.807, 2.05) is 51.1 Å². The Hall–Kier alpha value is -3.01. The van der Waals surface area contributed by atoms with Gasteiger partial charge in [-0.05, 0) is 29.8 Å². The van der Waals surface area contributed by atoms with Crippen LogP contribution < -0.4 is 9.46 Å². The number of halogens is 3. The van der Waals surface area contributed by atoms with E-state index < -0.39 is 27.6 Å². The highest BCUT2D eigenvalue weighted by Crippen LogP contribution is 2.30. The molecule has 3 rings (SSSR count).